The Labute approximate surface area is 208 Å². The molecule has 1 amide bonds. The van der Waals surface area contributed by atoms with Crippen LogP contribution < -0.4 is 25.7 Å². The second-order valence-corrected chi connectivity index (χ2v) is 9.20. The van der Waals surface area contributed by atoms with Crippen LogP contribution in [0.2, 0.25) is 0 Å². The SMILES string of the molecule is CNC(=O)C1(NCc2cc3c(cn2)OCCO3)CCN(CCn2c(=O)ccc3ccc(F)cc32)CC1. The number of piperidine rings is 1. The van der Waals surface area contributed by atoms with E-state index in [0.29, 0.717) is 75.8 Å². The van der Waals surface area contributed by atoms with E-state index in [2.05, 4.69) is 20.5 Å². The maximum atomic E-state index is 13.8. The fourth-order valence-corrected chi connectivity index (χ4v) is 4.96. The summed E-state index contributed by atoms with van der Waals surface area (Å²) in [6.45, 7) is 3.87. The van der Waals surface area contributed by atoms with E-state index < -0.39 is 5.54 Å². The largest absolute Gasteiger partial charge is 0.486 e. The summed E-state index contributed by atoms with van der Waals surface area (Å²) >= 11 is 0. The van der Waals surface area contributed by atoms with E-state index in [1.807, 2.05) is 6.07 Å². The van der Waals surface area contributed by atoms with Gasteiger partial charge in [-0.3, -0.25) is 19.9 Å². The zero-order valence-corrected chi connectivity index (χ0v) is 20.3. The summed E-state index contributed by atoms with van der Waals surface area (Å²) in [5.74, 6) is 0.877. The molecule has 0 saturated carbocycles. The van der Waals surface area contributed by atoms with Gasteiger partial charge in [0.2, 0.25) is 5.91 Å². The van der Waals surface area contributed by atoms with E-state index >= 15 is 0 Å². The van der Waals surface area contributed by atoms with Crippen molar-refractivity contribution in [3.05, 3.63) is 64.5 Å². The first-order valence-corrected chi connectivity index (χ1v) is 12.2. The van der Waals surface area contributed by atoms with Crippen LogP contribution >= 0.6 is 0 Å². The number of rotatable bonds is 7. The molecule has 0 unspecified atom stereocenters. The molecule has 36 heavy (non-hydrogen) atoms. The van der Waals surface area contributed by atoms with Crippen LogP contribution in [0, 0.1) is 5.82 Å². The molecule has 2 aliphatic rings. The number of nitrogens with zero attached hydrogens (tertiary/aromatic N) is 3. The number of aromatic nitrogens is 2. The van der Waals surface area contributed by atoms with Crippen molar-refractivity contribution in [1.82, 2.24) is 25.1 Å². The number of nitrogens with one attached hydrogen (secondary N) is 2. The lowest BCUT2D eigenvalue weighted by Crippen LogP contribution is -2.61. The number of fused-ring (bicyclic) bond motifs is 2. The summed E-state index contributed by atoms with van der Waals surface area (Å²) in [6.07, 6.45) is 2.87. The smallest absolute Gasteiger partial charge is 0.251 e. The average Bonchev–Trinajstić information content (AvgIpc) is 2.91. The Hall–Kier alpha value is -3.50. The van der Waals surface area contributed by atoms with E-state index in [-0.39, 0.29) is 17.3 Å². The molecular weight excluding hydrogens is 465 g/mol. The average molecular weight is 496 g/mol. The van der Waals surface area contributed by atoms with Gasteiger partial charge in [0.05, 0.1) is 17.4 Å². The first-order chi connectivity index (χ1) is 17.5. The molecule has 3 aromatic rings. The van der Waals surface area contributed by atoms with Gasteiger partial charge in [-0.05, 0) is 42.5 Å². The summed E-state index contributed by atoms with van der Waals surface area (Å²) in [7, 11) is 1.65. The van der Waals surface area contributed by atoms with Crippen LogP contribution in [0.4, 0.5) is 4.39 Å². The lowest BCUT2D eigenvalue weighted by atomic mass is 9.86. The number of ether oxygens (including phenoxy) is 2. The third-order valence-corrected chi connectivity index (χ3v) is 7.06. The predicted octanol–water partition coefficient (Wildman–Crippen LogP) is 1.68. The molecule has 1 fully saturated rings. The van der Waals surface area contributed by atoms with E-state index in [1.54, 1.807) is 29.9 Å². The third-order valence-electron chi connectivity index (χ3n) is 7.06. The van der Waals surface area contributed by atoms with Crippen LogP contribution in [-0.2, 0) is 17.9 Å². The van der Waals surface area contributed by atoms with Gasteiger partial charge in [-0.1, -0.05) is 0 Å². The second kappa shape index (κ2) is 10.2. The first kappa shape index (κ1) is 24.2. The second-order valence-electron chi connectivity index (χ2n) is 9.20. The highest BCUT2D eigenvalue weighted by atomic mass is 19.1. The monoisotopic (exact) mass is 495 g/mol. The number of amides is 1. The molecule has 0 aliphatic carbocycles. The van der Waals surface area contributed by atoms with Crippen LogP contribution in [0.1, 0.15) is 18.5 Å². The molecule has 0 radical (unpaired) electrons. The van der Waals surface area contributed by atoms with E-state index in [1.165, 1.54) is 18.2 Å². The maximum Gasteiger partial charge on any atom is 0.251 e. The number of hydrogen-bond acceptors (Lipinski definition) is 7. The van der Waals surface area contributed by atoms with Crippen LogP contribution in [0.5, 0.6) is 11.5 Å². The van der Waals surface area contributed by atoms with Gasteiger partial charge in [-0.25, -0.2) is 4.39 Å². The lowest BCUT2D eigenvalue weighted by Gasteiger charge is -2.41. The Balaban J connectivity index is 1.23. The molecule has 0 atom stereocenters. The summed E-state index contributed by atoms with van der Waals surface area (Å²) in [5.41, 5.74) is 0.485. The van der Waals surface area contributed by atoms with Crippen LogP contribution in [0.15, 0.2) is 47.4 Å². The molecule has 2 aromatic heterocycles. The summed E-state index contributed by atoms with van der Waals surface area (Å²) < 4.78 is 26.6. The van der Waals surface area contributed by atoms with Crippen molar-refractivity contribution in [2.75, 3.05) is 39.9 Å². The third kappa shape index (κ3) is 4.91. The van der Waals surface area contributed by atoms with Crippen molar-refractivity contribution < 1.29 is 18.7 Å². The minimum Gasteiger partial charge on any atom is -0.486 e. The highest BCUT2D eigenvalue weighted by Crippen LogP contribution is 2.30. The lowest BCUT2D eigenvalue weighted by molar-refractivity contribution is -0.129. The Morgan fingerprint density at radius 1 is 1.08 bits per heavy atom. The molecule has 0 bridgehead atoms. The van der Waals surface area contributed by atoms with E-state index in [0.717, 1.165) is 11.1 Å². The quantitative estimate of drug-likeness (QED) is 0.515. The minimum absolute atomic E-state index is 0.0551. The van der Waals surface area contributed by atoms with Crippen LogP contribution in [0.25, 0.3) is 10.9 Å². The number of likely N-dealkylation sites (N-methyl/N-ethyl adjacent to an activating group) is 1. The fraction of sp³-hybridized carbons (Fsp3) is 0.423. The Kier molecular flexibility index (Phi) is 6.88. The zero-order chi connectivity index (χ0) is 25.1. The number of pyridine rings is 2. The van der Waals surface area contributed by atoms with Crippen molar-refractivity contribution in [2.24, 2.45) is 0 Å². The van der Waals surface area contributed by atoms with Gasteiger partial charge in [-0.15, -0.1) is 0 Å². The Morgan fingerprint density at radius 3 is 2.61 bits per heavy atom. The molecule has 2 aliphatic heterocycles. The van der Waals surface area contributed by atoms with Crippen molar-refractivity contribution in [2.45, 2.75) is 31.5 Å². The van der Waals surface area contributed by atoms with Crippen molar-refractivity contribution in [3.8, 4) is 11.5 Å². The van der Waals surface area contributed by atoms with Gasteiger partial charge in [0.25, 0.3) is 5.56 Å². The maximum absolute atomic E-state index is 13.8. The zero-order valence-electron chi connectivity index (χ0n) is 20.3. The summed E-state index contributed by atoms with van der Waals surface area (Å²) in [4.78, 5) is 32.1. The standard InChI is InChI=1S/C26H30FN5O4/c1-28-25(34)26(30-16-20-15-22-23(17-29-20)36-13-12-35-22)6-8-31(9-7-26)10-11-32-21-14-19(27)4-2-18(21)3-5-24(32)33/h2-5,14-15,17,30H,6-13,16H2,1H3,(H,28,34). The van der Waals surface area contributed by atoms with Gasteiger partial charge in [0.1, 0.15) is 24.6 Å². The molecule has 2 N–H and O–H groups in total. The molecular formula is C26H30FN5O4. The highest BCUT2D eigenvalue weighted by molar-refractivity contribution is 5.86. The number of likely N-dealkylation sites (tertiary alicyclic amines) is 1. The molecule has 9 nitrogen and oxygen atoms in total. The molecule has 4 heterocycles. The van der Waals surface area contributed by atoms with Gasteiger partial charge in [0, 0.05) is 51.9 Å². The minimum atomic E-state index is -0.723. The molecule has 5 rings (SSSR count). The van der Waals surface area contributed by atoms with Crippen molar-refractivity contribution in [1.29, 1.82) is 0 Å². The molecule has 190 valence electrons. The number of carbonyl (C=O) groups excluding carboxylic acids is 1. The Bertz CT molecular complexity index is 1320. The van der Waals surface area contributed by atoms with Gasteiger partial charge in [-0.2, -0.15) is 0 Å². The molecule has 0 spiro atoms. The van der Waals surface area contributed by atoms with Crippen molar-refractivity contribution in [3.63, 3.8) is 0 Å². The number of benzene rings is 1. The highest BCUT2D eigenvalue weighted by Gasteiger charge is 2.40. The van der Waals surface area contributed by atoms with Crippen LogP contribution in [0.3, 0.4) is 0 Å². The Morgan fingerprint density at radius 2 is 1.83 bits per heavy atom. The predicted molar refractivity (Wildman–Crippen MR) is 133 cm³/mol. The first-order valence-electron chi connectivity index (χ1n) is 12.2. The van der Waals surface area contributed by atoms with E-state index in [9.17, 15) is 14.0 Å². The molecule has 1 saturated heterocycles. The van der Waals surface area contributed by atoms with E-state index in [4.69, 9.17) is 9.47 Å². The normalized spacial score (nSPS) is 17.2. The number of hydrogen-bond donors (Lipinski definition) is 2. The van der Waals surface area contributed by atoms with Gasteiger partial charge >= 0.3 is 0 Å². The topological polar surface area (TPSA) is 97.7 Å². The van der Waals surface area contributed by atoms with Gasteiger partial charge in [0.15, 0.2) is 11.5 Å². The summed E-state index contributed by atoms with van der Waals surface area (Å²) in [5, 5.41) is 7.07. The number of carbonyl (C=O) groups is 1. The molecule has 1 aromatic carbocycles. The molecule has 10 heteroatoms. The number of halogens is 1. The van der Waals surface area contributed by atoms with Crippen LogP contribution in [-0.4, -0.2) is 65.8 Å². The van der Waals surface area contributed by atoms with Gasteiger partial charge < -0.3 is 24.3 Å². The fourth-order valence-electron chi connectivity index (χ4n) is 4.96. The van der Waals surface area contributed by atoms with Crippen molar-refractivity contribution >= 4 is 16.8 Å². The summed E-state index contributed by atoms with van der Waals surface area (Å²) in [6, 6.07) is 9.56.